The second kappa shape index (κ2) is 5.50. The quantitative estimate of drug-likeness (QED) is 0.729. The molecule has 21 heavy (non-hydrogen) atoms. The molecule has 3 aliphatic carbocycles. The van der Waals surface area contributed by atoms with Gasteiger partial charge in [-0.3, -0.25) is 0 Å². The highest BCUT2D eigenvalue weighted by Gasteiger charge is 2.46. The van der Waals surface area contributed by atoms with E-state index in [4.69, 9.17) is 0 Å². The van der Waals surface area contributed by atoms with E-state index in [1.165, 1.54) is 25.7 Å². The molecular weight excluding hydrogens is 268 g/mol. The van der Waals surface area contributed by atoms with Gasteiger partial charge in [0.15, 0.2) is 0 Å². The predicted octanol–water partition coefficient (Wildman–Crippen LogP) is 2.51. The molecule has 0 bridgehead atoms. The molecule has 2 atom stereocenters. The number of aliphatic carboxylic acids is 1. The third-order valence-corrected chi connectivity index (χ3v) is 5.32. The summed E-state index contributed by atoms with van der Waals surface area (Å²) in [5.41, 5.74) is -1.07. The number of carboxylic acids is 1. The van der Waals surface area contributed by atoms with Crippen LogP contribution in [0, 0.1) is 17.8 Å². The van der Waals surface area contributed by atoms with Crippen LogP contribution in [0.2, 0.25) is 0 Å². The number of hydrogen-bond donors (Lipinski definition) is 3. The monoisotopic (exact) mass is 294 g/mol. The van der Waals surface area contributed by atoms with Crippen LogP contribution in [0.15, 0.2) is 0 Å². The smallest absolute Gasteiger partial charge is 0.329 e. The number of hydrogen-bond acceptors (Lipinski definition) is 2. The normalized spacial score (nSPS) is 32.8. The minimum atomic E-state index is -1.07. The first kappa shape index (κ1) is 14.7. The van der Waals surface area contributed by atoms with E-state index in [0.717, 1.165) is 12.8 Å². The molecule has 3 rings (SSSR count). The second-order valence-electron chi connectivity index (χ2n) is 7.39. The largest absolute Gasteiger partial charge is 0.480 e. The highest BCUT2D eigenvalue weighted by atomic mass is 16.4. The molecule has 2 unspecified atom stereocenters. The summed E-state index contributed by atoms with van der Waals surface area (Å²) in [7, 11) is 0. The molecule has 3 saturated carbocycles. The average Bonchev–Trinajstić information content (AvgIpc) is 3.27. The summed E-state index contributed by atoms with van der Waals surface area (Å²) >= 11 is 0. The van der Waals surface area contributed by atoms with Crippen LogP contribution >= 0.6 is 0 Å². The molecule has 0 saturated heterocycles. The Morgan fingerprint density at radius 2 is 1.76 bits per heavy atom. The van der Waals surface area contributed by atoms with Crippen LogP contribution in [0.1, 0.15) is 58.3 Å². The van der Waals surface area contributed by atoms with E-state index in [9.17, 15) is 14.7 Å². The fourth-order valence-corrected chi connectivity index (χ4v) is 3.85. The van der Waals surface area contributed by atoms with Gasteiger partial charge in [-0.05, 0) is 56.3 Å². The molecule has 0 spiro atoms. The summed E-state index contributed by atoms with van der Waals surface area (Å²) in [5.74, 6) is 0.694. The Labute approximate surface area is 125 Å². The third kappa shape index (κ3) is 3.33. The van der Waals surface area contributed by atoms with E-state index in [-0.39, 0.29) is 12.1 Å². The fraction of sp³-hybridized carbons (Fsp3) is 0.875. The molecule has 2 amide bonds. The zero-order valence-corrected chi connectivity index (χ0v) is 12.7. The fourth-order valence-electron chi connectivity index (χ4n) is 3.85. The van der Waals surface area contributed by atoms with E-state index in [2.05, 4.69) is 17.6 Å². The molecule has 0 radical (unpaired) electrons. The van der Waals surface area contributed by atoms with Crippen LogP contribution in [0.3, 0.4) is 0 Å². The predicted molar refractivity (Wildman–Crippen MR) is 78.9 cm³/mol. The molecule has 0 aromatic heterocycles. The van der Waals surface area contributed by atoms with E-state index in [0.29, 0.717) is 30.6 Å². The Bertz CT molecular complexity index is 419. The Kier molecular flexibility index (Phi) is 3.84. The number of amides is 2. The molecule has 0 aromatic rings. The molecule has 118 valence electrons. The van der Waals surface area contributed by atoms with Crippen LogP contribution in [0.25, 0.3) is 0 Å². The SMILES string of the molecule is CC1CCCC(NC(=O)NC(C2CC2)C2CC2)(C(=O)O)C1. The molecule has 3 aliphatic rings. The molecule has 5 heteroatoms. The highest BCUT2D eigenvalue weighted by Crippen LogP contribution is 2.44. The van der Waals surface area contributed by atoms with Gasteiger partial charge in [0.05, 0.1) is 0 Å². The second-order valence-corrected chi connectivity index (χ2v) is 7.39. The first-order chi connectivity index (χ1) is 10.00. The van der Waals surface area contributed by atoms with Gasteiger partial charge in [0.1, 0.15) is 5.54 Å². The maximum absolute atomic E-state index is 12.3. The van der Waals surface area contributed by atoms with Gasteiger partial charge in [0.25, 0.3) is 0 Å². The van der Waals surface area contributed by atoms with Crippen LogP contribution in [0.4, 0.5) is 4.79 Å². The van der Waals surface area contributed by atoms with Crippen molar-refractivity contribution in [2.75, 3.05) is 0 Å². The maximum atomic E-state index is 12.3. The van der Waals surface area contributed by atoms with E-state index < -0.39 is 11.5 Å². The maximum Gasteiger partial charge on any atom is 0.329 e. The van der Waals surface area contributed by atoms with Crippen molar-refractivity contribution >= 4 is 12.0 Å². The Hall–Kier alpha value is -1.26. The van der Waals surface area contributed by atoms with Crippen molar-refractivity contribution in [1.29, 1.82) is 0 Å². The number of rotatable bonds is 5. The molecule has 0 heterocycles. The third-order valence-electron chi connectivity index (χ3n) is 5.32. The zero-order valence-electron chi connectivity index (χ0n) is 12.7. The number of carbonyl (C=O) groups excluding carboxylic acids is 1. The van der Waals surface area contributed by atoms with Crippen LogP contribution in [-0.4, -0.2) is 28.7 Å². The lowest BCUT2D eigenvalue weighted by Gasteiger charge is -2.37. The van der Waals surface area contributed by atoms with Crippen LogP contribution in [-0.2, 0) is 4.79 Å². The Morgan fingerprint density at radius 1 is 1.14 bits per heavy atom. The van der Waals surface area contributed by atoms with Gasteiger partial charge >= 0.3 is 12.0 Å². The van der Waals surface area contributed by atoms with Gasteiger partial charge in [0.2, 0.25) is 0 Å². The highest BCUT2D eigenvalue weighted by molar-refractivity contribution is 5.86. The van der Waals surface area contributed by atoms with Crippen molar-refractivity contribution < 1.29 is 14.7 Å². The van der Waals surface area contributed by atoms with Crippen molar-refractivity contribution in [3.05, 3.63) is 0 Å². The van der Waals surface area contributed by atoms with Gasteiger partial charge in [0, 0.05) is 6.04 Å². The Morgan fingerprint density at radius 3 is 2.24 bits per heavy atom. The lowest BCUT2D eigenvalue weighted by Crippen LogP contribution is -2.60. The Balaban J connectivity index is 1.62. The molecule has 0 aliphatic heterocycles. The van der Waals surface area contributed by atoms with Crippen molar-refractivity contribution in [2.24, 2.45) is 17.8 Å². The van der Waals surface area contributed by atoms with E-state index in [1.54, 1.807) is 0 Å². The van der Waals surface area contributed by atoms with Gasteiger partial charge in [-0.2, -0.15) is 0 Å². The number of carbonyl (C=O) groups is 2. The summed E-state index contributed by atoms with van der Waals surface area (Å²) in [4.78, 5) is 24.0. The number of urea groups is 1. The number of nitrogens with one attached hydrogen (secondary N) is 2. The average molecular weight is 294 g/mol. The topological polar surface area (TPSA) is 78.4 Å². The summed E-state index contributed by atoms with van der Waals surface area (Å²) in [6.07, 6.45) is 7.77. The van der Waals surface area contributed by atoms with Crippen LogP contribution in [0.5, 0.6) is 0 Å². The van der Waals surface area contributed by atoms with E-state index >= 15 is 0 Å². The molecule has 5 nitrogen and oxygen atoms in total. The van der Waals surface area contributed by atoms with Gasteiger partial charge in [-0.1, -0.05) is 19.8 Å². The van der Waals surface area contributed by atoms with Gasteiger partial charge in [-0.15, -0.1) is 0 Å². The molecule has 3 N–H and O–H groups in total. The lowest BCUT2D eigenvalue weighted by atomic mass is 9.76. The molecule has 3 fully saturated rings. The minimum Gasteiger partial charge on any atom is -0.480 e. The summed E-state index contributed by atoms with van der Waals surface area (Å²) in [5, 5.41) is 15.5. The number of carboxylic acid groups (broad SMARTS) is 1. The lowest BCUT2D eigenvalue weighted by molar-refractivity contribution is -0.146. The van der Waals surface area contributed by atoms with Crippen LogP contribution < -0.4 is 10.6 Å². The van der Waals surface area contributed by atoms with Crippen molar-refractivity contribution in [3.8, 4) is 0 Å². The van der Waals surface area contributed by atoms with Crippen molar-refractivity contribution in [2.45, 2.75) is 69.9 Å². The standard InChI is InChI=1S/C16H26N2O3/c1-10-3-2-8-16(9-10,14(19)20)18-15(21)17-13(11-4-5-11)12-6-7-12/h10-13H,2-9H2,1H3,(H,19,20)(H2,17,18,21). The van der Waals surface area contributed by atoms with E-state index in [1.807, 2.05) is 0 Å². The van der Waals surface area contributed by atoms with Crippen molar-refractivity contribution in [3.63, 3.8) is 0 Å². The van der Waals surface area contributed by atoms with Gasteiger partial charge in [-0.25, -0.2) is 9.59 Å². The summed E-state index contributed by atoms with van der Waals surface area (Å²) < 4.78 is 0. The summed E-state index contributed by atoms with van der Waals surface area (Å²) in [6, 6.07) is -0.0211. The van der Waals surface area contributed by atoms with Crippen molar-refractivity contribution in [1.82, 2.24) is 10.6 Å². The zero-order chi connectivity index (χ0) is 15.0. The molecular formula is C16H26N2O3. The first-order valence-electron chi connectivity index (χ1n) is 8.32. The first-order valence-corrected chi connectivity index (χ1v) is 8.32. The van der Waals surface area contributed by atoms with Gasteiger partial charge < -0.3 is 15.7 Å². The molecule has 0 aromatic carbocycles. The summed E-state index contributed by atoms with van der Waals surface area (Å²) in [6.45, 7) is 2.06. The minimum absolute atomic E-state index is 0.261.